The van der Waals surface area contributed by atoms with Crippen LogP contribution >= 0.6 is 0 Å². The zero-order valence-corrected chi connectivity index (χ0v) is 9.72. The number of carbonyl (C=O) groups is 2. The number of hydrogen-bond donors (Lipinski definition) is 3. The summed E-state index contributed by atoms with van der Waals surface area (Å²) in [6, 6.07) is 0. The first-order valence-electron chi connectivity index (χ1n) is 5.25. The van der Waals surface area contributed by atoms with Gasteiger partial charge in [0.25, 0.3) is 0 Å². The molecule has 4 N–H and O–H groups in total. The van der Waals surface area contributed by atoms with Crippen LogP contribution < -0.4 is 16.4 Å². The molecular weight excluding hydrogens is 194 g/mol. The van der Waals surface area contributed by atoms with E-state index in [1.165, 1.54) is 7.05 Å². The Morgan fingerprint density at radius 1 is 1.27 bits per heavy atom. The van der Waals surface area contributed by atoms with E-state index in [0.29, 0.717) is 19.4 Å². The molecule has 0 rings (SSSR count). The molecule has 2 amide bonds. The first kappa shape index (κ1) is 13.9. The van der Waals surface area contributed by atoms with E-state index in [2.05, 4.69) is 10.6 Å². The van der Waals surface area contributed by atoms with Gasteiger partial charge in [0.2, 0.25) is 11.8 Å². The summed E-state index contributed by atoms with van der Waals surface area (Å²) in [6.07, 6.45) is 1.36. The lowest BCUT2D eigenvalue weighted by atomic mass is 9.81. The van der Waals surface area contributed by atoms with Crippen molar-refractivity contribution in [3.8, 4) is 0 Å². The van der Waals surface area contributed by atoms with E-state index in [-0.39, 0.29) is 18.4 Å². The molecule has 0 unspecified atom stereocenters. The molecule has 5 heteroatoms. The van der Waals surface area contributed by atoms with Gasteiger partial charge in [0, 0.05) is 13.6 Å². The molecule has 0 aliphatic heterocycles. The second-order valence-corrected chi connectivity index (χ2v) is 3.55. The first-order valence-corrected chi connectivity index (χ1v) is 5.25. The number of hydrogen-bond acceptors (Lipinski definition) is 3. The zero-order chi connectivity index (χ0) is 11.9. The minimum absolute atomic E-state index is 0.0110. The summed E-state index contributed by atoms with van der Waals surface area (Å²) in [5, 5.41) is 5.04. The number of rotatable bonds is 6. The summed E-state index contributed by atoms with van der Waals surface area (Å²) in [5.41, 5.74) is 5.07. The van der Waals surface area contributed by atoms with Crippen LogP contribution in [-0.4, -0.2) is 32.0 Å². The highest BCUT2D eigenvalue weighted by Crippen LogP contribution is 2.24. The minimum Gasteiger partial charge on any atom is -0.358 e. The van der Waals surface area contributed by atoms with Crippen LogP contribution in [0, 0.1) is 5.41 Å². The van der Waals surface area contributed by atoms with E-state index in [4.69, 9.17) is 5.73 Å². The molecule has 0 aliphatic rings. The molecule has 5 nitrogen and oxygen atoms in total. The topological polar surface area (TPSA) is 84.2 Å². The SMILES string of the molecule is CCC(CC)(CN)C(=O)NCC(=O)NC. The summed E-state index contributed by atoms with van der Waals surface area (Å²) in [5.74, 6) is -0.347. The van der Waals surface area contributed by atoms with Crippen LogP contribution in [0.4, 0.5) is 0 Å². The van der Waals surface area contributed by atoms with E-state index in [1.54, 1.807) is 0 Å². The van der Waals surface area contributed by atoms with Crippen LogP contribution in [0.15, 0.2) is 0 Å². The van der Waals surface area contributed by atoms with Crippen LogP contribution in [0.5, 0.6) is 0 Å². The third-order valence-corrected chi connectivity index (χ3v) is 2.91. The Balaban J connectivity index is 4.33. The van der Waals surface area contributed by atoms with Crippen LogP contribution in [0.2, 0.25) is 0 Å². The molecule has 0 bridgehead atoms. The Morgan fingerprint density at radius 3 is 2.13 bits per heavy atom. The van der Waals surface area contributed by atoms with Crippen molar-refractivity contribution in [1.29, 1.82) is 0 Å². The highest BCUT2D eigenvalue weighted by atomic mass is 16.2. The lowest BCUT2D eigenvalue weighted by Gasteiger charge is -2.28. The van der Waals surface area contributed by atoms with Gasteiger partial charge in [-0.05, 0) is 12.8 Å². The van der Waals surface area contributed by atoms with Crippen molar-refractivity contribution in [3.63, 3.8) is 0 Å². The molecule has 0 spiro atoms. The third kappa shape index (κ3) is 3.51. The van der Waals surface area contributed by atoms with Gasteiger partial charge in [-0.2, -0.15) is 0 Å². The van der Waals surface area contributed by atoms with Crippen LogP contribution in [0.3, 0.4) is 0 Å². The average Bonchev–Trinajstić information content (AvgIpc) is 2.28. The maximum absolute atomic E-state index is 11.8. The number of nitrogens with two attached hydrogens (primary N) is 1. The maximum Gasteiger partial charge on any atom is 0.239 e. The lowest BCUT2D eigenvalue weighted by molar-refractivity contribution is -0.133. The summed E-state index contributed by atoms with van der Waals surface area (Å²) in [7, 11) is 1.53. The normalized spacial score (nSPS) is 10.9. The van der Waals surface area contributed by atoms with E-state index in [9.17, 15) is 9.59 Å². The zero-order valence-electron chi connectivity index (χ0n) is 9.72. The summed E-state index contributed by atoms with van der Waals surface area (Å²) in [6.45, 7) is 4.17. The third-order valence-electron chi connectivity index (χ3n) is 2.91. The summed E-state index contributed by atoms with van der Waals surface area (Å²) >= 11 is 0. The fourth-order valence-electron chi connectivity index (χ4n) is 1.39. The molecule has 0 heterocycles. The van der Waals surface area contributed by atoms with Crippen molar-refractivity contribution < 1.29 is 9.59 Å². The maximum atomic E-state index is 11.8. The van der Waals surface area contributed by atoms with Gasteiger partial charge in [0.15, 0.2) is 0 Å². The minimum atomic E-state index is -0.534. The Morgan fingerprint density at radius 2 is 1.80 bits per heavy atom. The van der Waals surface area contributed by atoms with Crippen LogP contribution in [0.25, 0.3) is 0 Å². The van der Waals surface area contributed by atoms with E-state index < -0.39 is 5.41 Å². The number of amides is 2. The van der Waals surface area contributed by atoms with Crippen LogP contribution in [0.1, 0.15) is 26.7 Å². The Hall–Kier alpha value is -1.10. The van der Waals surface area contributed by atoms with Crippen molar-refractivity contribution in [2.24, 2.45) is 11.1 Å². The molecule has 0 radical (unpaired) electrons. The van der Waals surface area contributed by atoms with Crippen molar-refractivity contribution in [2.75, 3.05) is 20.1 Å². The summed E-state index contributed by atoms with van der Waals surface area (Å²) in [4.78, 5) is 22.8. The molecule has 0 aromatic heterocycles. The van der Waals surface area contributed by atoms with Crippen molar-refractivity contribution in [1.82, 2.24) is 10.6 Å². The Kier molecular flexibility index (Phi) is 5.93. The number of likely N-dealkylation sites (N-methyl/N-ethyl adjacent to an activating group) is 1. The van der Waals surface area contributed by atoms with Gasteiger partial charge < -0.3 is 16.4 Å². The summed E-state index contributed by atoms with van der Waals surface area (Å²) < 4.78 is 0. The molecule has 0 aromatic rings. The molecule has 0 saturated carbocycles. The van der Waals surface area contributed by atoms with E-state index in [1.807, 2.05) is 13.8 Å². The van der Waals surface area contributed by atoms with Gasteiger partial charge in [-0.3, -0.25) is 9.59 Å². The largest absolute Gasteiger partial charge is 0.358 e. The molecule has 15 heavy (non-hydrogen) atoms. The van der Waals surface area contributed by atoms with Crippen LogP contribution in [-0.2, 0) is 9.59 Å². The van der Waals surface area contributed by atoms with E-state index in [0.717, 1.165) is 0 Å². The molecule has 0 aromatic carbocycles. The van der Waals surface area contributed by atoms with E-state index >= 15 is 0 Å². The van der Waals surface area contributed by atoms with Gasteiger partial charge in [0.05, 0.1) is 12.0 Å². The molecular formula is C10H21N3O2. The van der Waals surface area contributed by atoms with Gasteiger partial charge >= 0.3 is 0 Å². The van der Waals surface area contributed by atoms with Gasteiger partial charge in [-0.15, -0.1) is 0 Å². The molecule has 0 aliphatic carbocycles. The van der Waals surface area contributed by atoms with Gasteiger partial charge in [-0.1, -0.05) is 13.8 Å². The van der Waals surface area contributed by atoms with Gasteiger partial charge in [-0.25, -0.2) is 0 Å². The predicted octanol–water partition coefficient (Wildman–Crippen LogP) is -0.386. The fourth-order valence-corrected chi connectivity index (χ4v) is 1.39. The fraction of sp³-hybridized carbons (Fsp3) is 0.800. The van der Waals surface area contributed by atoms with Crippen molar-refractivity contribution in [3.05, 3.63) is 0 Å². The Labute approximate surface area is 90.8 Å². The monoisotopic (exact) mass is 215 g/mol. The van der Waals surface area contributed by atoms with Crippen molar-refractivity contribution >= 4 is 11.8 Å². The molecule has 0 fully saturated rings. The molecule has 88 valence electrons. The predicted molar refractivity (Wildman–Crippen MR) is 59.1 cm³/mol. The number of nitrogens with one attached hydrogen (secondary N) is 2. The number of carbonyl (C=O) groups excluding carboxylic acids is 2. The lowest BCUT2D eigenvalue weighted by Crippen LogP contribution is -2.47. The Bertz CT molecular complexity index is 216. The average molecular weight is 215 g/mol. The molecule has 0 saturated heterocycles. The highest BCUT2D eigenvalue weighted by molar-refractivity contribution is 5.87. The second-order valence-electron chi connectivity index (χ2n) is 3.55. The molecule has 0 atom stereocenters. The highest BCUT2D eigenvalue weighted by Gasteiger charge is 2.33. The smallest absolute Gasteiger partial charge is 0.239 e. The standard InChI is InChI=1S/C10H21N3O2/c1-4-10(5-2,7-11)9(15)13-6-8(14)12-3/h4-7,11H2,1-3H3,(H,12,14)(H,13,15). The van der Waals surface area contributed by atoms with Gasteiger partial charge in [0.1, 0.15) is 0 Å². The van der Waals surface area contributed by atoms with Crippen molar-refractivity contribution in [2.45, 2.75) is 26.7 Å². The first-order chi connectivity index (χ1) is 7.06. The quantitative estimate of drug-likeness (QED) is 0.564. The second kappa shape index (κ2) is 6.40.